The molecule has 7 heteroatoms. The van der Waals surface area contributed by atoms with Crippen molar-refractivity contribution in [1.29, 1.82) is 0 Å². The molecule has 0 saturated heterocycles. The lowest BCUT2D eigenvalue weighted by atomic mass is 10.1. The van der Waals surface area contributed by atoms with Crippen LogP contribution >= 0.6 is 0 Å². The third kappa shape index (κ3) is 6.99. The van der Waals surface area contributed by atoms with Gasteiger partial charge in [0.25, 0.3) is 0 Å². The van der Waals surface area contributed by atoms with Crippen molar-refractivity contribution in [2.75, 3.05) is 19.4 Å². The predicted molar refractivity (Wildman–Crippen MR) is 84.4 cm³/mol. The molecule has 0 amide bonds. The van der Waals surface area contributed by atoms with Gasteiger partial charge in [0, 0.05) is 11.8 Å². The molecule has 0 radical (unpaired) electrons. The van der Waals surface area contributed by atoms with Crippen molar-refractivity contribution >= 4 is 15.8 Å². The summed E-state index contributed by atoms with van der Waals surface area (Å²) < 4.78 is 28.1. The van der Waals surface area contributed by atoms with Gasteiger partial charge in [0.05, 0.1) is 11.4 Å². The Morgan fingerprint density at radius 2 is 1.86 bits per heavy atom. The third-order valence-corrected chi connectivity index (χ3v) is 3.53. The van der Waals surface area contributed by atoms with E-state index in [1.165, 1.54) is 18.4 Å². The van der Waals surface area contributed by atoms with Crippen molar-refractivity contribution in [3.63, 3.8) is 0 Å². The first-order chi connectivity index (χ1) is 9.58. The van der Waals surface area contributed by atoms with Crippen molar-refractivity contribution in [2.24, 2.45) is 10.7 Å². The second-order valence-corrected chi connectivity index (χ2v) is 7.75. The molecule has 0 atom stereocenters. The van der Waals surface area contributed by atoms with Gasteiger partial charge >= 0.3 is 0 Å². The molecule has 1 rings (SSSR count). The number of nitrogens with one attached hydrogen (secondary N) is 1. The molecule has 0 aliphatic heterocycles. The summed E-state index contributed by atoms with van der Waals surface area (Å²) in [6.45, 7) is 6.77. The molecule has 0 unspecified atom stereocenters. The average molecular weight is 313 g/mol. The molecule has 6 nitrogen and oxygen atoms in total. The number of nitrogens with zero attached hydrogens (tertiary/aromatic N) is 1. The summed E-state index contributed by atoms with van der Waals surface area (Å²) in [5.41, 5.74) is 5.59. The minimum atomic E-state index is -3.18. The summed E-state index contributed by atoms with van der Waals surface area (Å²) in [4.78, 5) is 4.41. The van der Waals surface area contributed by atoms with Gasteiger partial charge in [-0.3, -0.25) is 0 Å². The number of nitrogens with two attached hydrogens (primary N) is 1. The van der Waals surface area contributed by atoms with E-state index in [2.05, 4.69) is 10.3 Å². The van der Waals surface area contributed by atoms with E-state index in [-0.39, 0.29) is 10.4 Å². The molecule has 1 aromatic carbocycles. The highest BCUT2D eigenvalue weighted by atomic mass is 32.2. The van der Waals surface area contributed by atoms with Crippen LogP contribution < -0.4 is 15.8 Å². The van der Waals surface area contributed by atoms with Crippen LogP contribution in [0.15, 0.2) is 34.2 Å². The second kappa shape index (κ2) is 6.80. The SMILES string of the molecule is CC(C)(C)NC(N)=NCCOc1ccc(S(C)(=O)=O)cc1. The fourth-order valence-electron chi connectivity index (χ4n) is 1.54. The Labute approximate surface area is 126 Å². The zero-order valence-corrected chi connectivity index (χ0v) is 13.7. The highest BCUT2D eigenvalue weighted by molar-refractivity contribution is 7.90. The van der Waals surface area contributed by atoms with E-state index in [1.807, 2.05) is 20.8 Å². The maximum Gasteiger partial charge on any atom is 0.189 e. The van der Waals surface area contributed by atoms with Crippen LogP contribution in [0.1, 0.15) is 20.8 Å². The molecule has 0 aromatic heterocycles. The number of guanidine groups is 1. The van der Waals surface area contributed by atoms with Crippen molar-refractivity contribution in [1.82, 2.24) is 5.32 Å². The topological polar surface area (TPSA) is 93.8 Å². The third-order valence-electron chi connectivity index (χ3n) is 2.40. The van der Waals surface area contributed by atoms with E-state index in [0.29, 0.717) is 24.9 Å². The Bertz CT molecular complexity index is 587. The molecule has 0 heterocycles. The number of hydrogen-bond donors (Lipinski definition) is 2. The number of rotatable bonds is 5. The number of benzene rings is 1. The van der Waals surface area contributed by atoms with Gasteiger partial charge in [-0.2, -0.15) is 0 Å². The first kappa shape index (κ1) is 17.3. The van der Waals surface area contributed by atoms with Crippen molar-refractivity contribution in [3.8, 4) is 5.75 Å². The van der Waals surface area contributed by atoms with E-state index in [1.54, 1.807) is 12.1 Å². The molecule has 0 aliphatic carbocycles. The summed E-state index contributed by atoms with van der Waals surface area (Å²) in [5.74, 6) is 0.971. The summed E-state index contributed by atoms with van der Waals surface area (Å²) >= 11 is 0. The summed E-state index contributed by atoms with van der Waals surface area (Å²) in [7, 11) is -3.18. The van der Waals surface area contributed by atoms with Crippen molar-refractivity contribution < 1.29 is 13.2 Å². The molecule has 1 aromatic rings. The van der Waals surface area contributed by atoms with Gasteiger partial charge in [-0.1, -0.05) is 0 Å². The predicted octanol–water partition coefficient (Wildman–Crippen LogP) is 1.17. The van der Waals surface area contributed by atoms with Crippen LogP contribution in [0.2, 0.25) is 0 Å². The van der Waals surface area contributed by atoms with Crippen LogP contribution in [0.4, 0.5) is 0 Å². The van der Waals surface area contributed by atoms with Gasteiger partial charge in [-0.25, -0.2) is 13.4 Å². The number of sulfone groups is 1. The average Bonchev–Trinajstić information content (AvgIpc) is 2.32. The van der Waals surface area contributed by atoms with Gasteiger partial charge in [-0.15, -0.1) is 0 Å². The van der Waals surface area contributed by atoms with Gasteiger partial charge in [-0.05, 0) is 45.0 Å². The van der Waals surface area contributed by atoms with Crippen LogP contribution in [0.3, 0.4) is 0 Å². The normalized spacial score (nSPS) is 13.0. The summed E-state index contributed by atoms with van der Waals surface area (Å²) in [6.07, 6.45) is 1.17. The molecule has 0 bridgehead atoms. The molecule has 0 saturated carbocycles. The molecule has 0 spiro atoms. The number of ether oxygens (including phenoxy) is 1. The molecule has 118 valence electrons. The monoisotopic (exact) mass is 313 g/mol. The fraction of sp³-hybridized carbons (Fsp3) is 0.500. The maximum atomic E-state index is 11.3. The highest BCUT2D eigenvalue weighted by Crippen LogP contribution is 2.15. The second-order valence-electron chi connectivity index (χ2n) is 5.73. The fourth-order valence-corrected chi connectivity index (χ4v) is 2.17. The number of hydrogen-bond acceptors (Lipinski definition) is 4. The van der Waals surface area contributed by atoms with E-state index in [4.69, 9.17) is 10.5 Å². The van der Waals surface area contributed by atoms with Crippen LogP contribution in [0, 0.1) is 0 Å². The zero-order valence-electron chi connectivity index (χ0n) is 12.9. The van der Waals surface area contributed by atoms with Gasteiger partial charge in [0.15, 0.2) is 15.8 Å². The van der Waals surface area contributed by atoms with Gasteiger partial charge in [0.2, 0.25) is 0 Å². The quantitative estimate of drug-likeness (QED) is 0.483. The lowest BCUT2D eigenvalue weighted by molar-refractivity contribution is 0.328. The number of aliphatic imine (C=N–C) groups is 1. The zero-order chi connectivity index (χ0) is 16.1. The Balaban J connectivity index is 2.45. The maximum absolute atomic E-state index is 11.3. The molecule has 0 fully saturated rings. The van der Waals surface area contributed by atoms with E-state index in [0.717, 1.165) is 0 Å². The highest BCUT2D eigenvalue weighted by Gasteiger charge is 2.09. The van der Waals surface area contributed by atoms with Crippen molar-refractivity contribution in [3.05, 3.63) is 24.3 Å². The van der Waals surface area contributed by atoms with Crippen LogP contribution in [0.5, 0.6) is 5.75 Å². The molecule has 3 N–H and O–H groups in total. The van der Waals surface area contributed by atoms with E-state index < -0.39 is 9.84 Å². The van der Waals surface area contributed by atoms with Crippen LogP contribution in [0.25, 0.3) is 0 Å². The first-order valence-corrected chi connectivity index (χ1v) is 8.48. The Morgan fingerprint density at radius 1 is 1.29 bits per heavy atom. The minimum Gasteiger partial charge on any atom is -0.492 e. The smallest absolute Gasteiger partial charge is 0.189 e. The van der Waals surface area contributed by atoms with E-state index >= 15 is 0 Å². The van der Waals surface area contributed by atoms with E-state index in [9.17, 15) is 8.42 Å². The van der Waals surface area contributed by atoms with Crippen molar-refractivity contribution in [2.45, 2.75) is 31.2 Å². The van der Waals surface area contributed by atoms with Crippen LogP contribution in [-0.2, 0) is 9.84 Å². The Hall–Kier alpha value is -1.76. The Kier molecular flexibility index (Phi) is 5.60. The molecular formula is C14H23N3O3S. The largest absolute Gasteiger partial charge is 0.492 e. The Morgan fingerprint density at radius 3 is 2.33 bits per heavy atom. The minimum absolute atomic E-state index is 0.129. The summed E-state index contributed by atoms with van der Waals surface area (Å²) in [6, 6.07) is 6.28. The standard InChI is InChI=1S/C14H23N3O3S/c1-14(2,3)17-13(15)16-9-10-20-11-5-7-12(8-6-11)21(4,18)19/h5-8H,9-10H2,1-4H3,(H3,15,16,17). The lowest BCUT2D eigenvalue weighted by Crippen LogP contribution is -2.45. The molecular weight excluding hydrogens is 290 g/mol. The first-order valence-electron chi connectivity index (χ1n) is 6.59. The van der Waals surface area contributed by atoms with Gasteiger partial charge in [0.1, 0.15) is 12.4 Å². The van der Waals surface area contributed by atoms with Gasteiger partial charge < -0.3 is 15.8 Å². The lowest BCUT2D eigenvalue weighted by Gasteiger charge is -2.20. The molecule has 21 heavy (non-hydrogen) atoms. The molecule has 0 aliphatic rings. The summed E-state index contributed by atoms with van der Waals surface area (Å²) in [5, 5.41) is 3.05. The van der Waals surface area contributed by atoms with Crippen LogP contribution in [-0.4, -0.2) is 39.3 Å².